The maximum Gasteiger partial charge on any atom is 0.338 e. The molecule has 7 heteroatoms. The molecule has 0 aromatic heterocycles. The Kier molecular flexibility index (Phi) is 7.10. The molecule has 0 heterocycles. The number of rotatable bonds is 6. The van der Waals surface area contributed by atoms with Gasteiger partial charge in [-0.1, -0.05) is 57.5 Å². The zero-order valence-corrected chi connectivity index (χ0v) is 20.9. The molecule has 160 valence electrons. The van der Waals surface area contributed by atoms with E-state index in [1.54, 1.807) is 12.1 Å². The molecule has 30 heavy (non-hydrogen) atoms. The molecule has 2 N–H and O–H groups in total. The van der Waals surface area contributed by atoms with Crippen molar-refractivity contribution in [2.45, 2.75) is 52.5 Å². The zero-order valence-electron chi connectivity index (χ0n) is 18.9. The molecular formula is C23H31NO4Si2. The van der Waals surface area contributed by atoms with E-state index in [9.17, 15) is 20.3 Å². The van der Waals surface area contributed by atoms with Gasteiger partial charge >= 0.3 is 5.97 Å². The number of methoxy groups -OCH3 is 1. The quantitative estimate of drug-likeness (QED) is 0.531. The summed E-state index contributed by atoms with van der Waals surface area (Å²) in [6.07, 6.45) is 0. The summed E-state index contributed by atoms with van der Waals surface area (Å²) < 4.78 is 5.01. The van der Waals surface area contributed by atoms with Crippen LogP contribution in [0.1, 0.15) is 27.0 Å². The van der Waals surface area contributed by atoms with Crippen LogP contribution in [-0.2, 0) is 18.0 Å². The van der Waals surface area contributed by atoms with Crippen LogP contribution < -0.4 is 10.4 Å². The number of hydrogen-bond donors (Lipinski definition) is 2. The van der Waals surface area contributed by atoms with Gasteiger partial charge in [0.15, 0.2) is 0 Å². The Morgan fingerprint density at radius 3 is 1.90 bits per heavy atom. The van der Waals surface area contributed by atoms with E-state index in [4.69, 9.17) is 4.74 Å². The van der Waals surface area contributed by atoms with Crippen molar-refractivity contribution in [1.82, 2.24) is 0 Å². The Labute approximate surface area is 181 Å². The minimum absolute atomic E-state index is 0.230. The van der Waals surface area contributed by atoms with E-state index in [1.165, 1.54) is 7.11 Å². The highest BCUT2D eigenvalue weighted by Crippen LogP contribution is 2.32. The second kappa shape index (κ2) is 8.86. The third-order valence-corrected chi connectivity index (χ3v) is 9.35. The number of ether oxygens (including phenoxy) is 1. The number of carbonyl (C=O) groups excluding carboxylic acids is 1. The van der Waals surface area contributed by atoms with Crippen molar-refractivity contribution in [2.75, 3.05) is 7.11 Å². The number of esters is 1. The highest BCUT2D eigenvalue weighted by molar-refractivity contribution is 6.92. The highest BCUT2D eigenvalue weighted by Gasteiger charge is 2.36. The van der Waals surface area contributed by atoms with Crippen LogP contribution in [0.25, 0.3) is 11.1 Å². The molecule has 0 radical (unpaired) electrons. The number of hydrogen-bond acceptors (Lipinski definition) is 5. The largest absolute Gasteiger partial charge is 0.465 e. The number of benzene rings is 2. The smallest absolute Gasteiger partial charge is 0.338 e. The molecule has 0 bridgehead atoms. The molecule has 2 aromatic carbocycles. The Hall–Kier alpha value is -2.25. The van der Waals surface area contributed by atoms with Crippen molar-refractivity contribution in [3.8, 4) is 17.2 Å². The lowest BCUT2D eigenvalue weighted by molar-refractivity contribution is 0.0601. The van der Waals surface area contributed by atoms with E-state index < -0.39 is 22.1 Å². The fourth-order valence-electron chi connectivity index (χ4n) is 4.23. The first-order valence-corrected chi connectivity index (χ1v) is 17.0. The van der Waals surface area contributed by atoms with Gasteiger partial charge in [0.2, 0.25) is 0 Å². The molecule has 0 fully saturated rings. The van der Waals surface area contributed by atoms with Gasteiger partial charge in [0.1, 0.15) is 0 Å². The first kappa shape index (κ1) is 24.0. The van der Waals surface area contributed by atoms with Crippen LogP contribution in [0.3, 0.4) is 0 Å². The average Bonchev–Trinajstić information content (AvgIpc) is 2.69. The number of nitrogens with zero attached hydrogens (tertiary/aromatic N) is 1. The van der Waals surface area contributed by atoms with Gasteiger partial charge in [0, 0.05) is 0 Å². The van der Waals surface area contributed by atoms with Crippen molar-refractivity contribution < 1.29 is 19.7 Å². The third kappa shape index (κ3) is 4.28. The summed E-state index contributed by atoms with van der Waals surface area (Å²) in [7, 11) is -2.90. The van der Waals surface area contributed by atoms with E-state index >= 15 is 0 Å². The minimum Gasteiger partial charge on any atom is -0.465 e. The molecule has 2 rings (SSSR count). The van der Waals surface area contributed by atoms with Gasteiger partial charge in [0.25, 0.3) is 0 Å². The second-order valence-electron chi connectivity index (χ2n) is 9.42. The maximum absolute atomic E-state index is 12.6. The van der Waals surface area contributed by atoms with Gasteiger partial charge in [-0.2, -0.15) is 5.26 Å². The second-order valence-corrected chi connectivity index (χ2v) is 19.4. The number of nitriles is 1. The van der Waals surface area contributed by atoms with Crippen molar-refractivity contribution in [3.63, 3.8) is 0 Å². The lowest BCUT2D eigenvalue weighted by Gasteiger charge is -2.33. The Morgan fingerprint density at radius 1 is 0.967 bits per heavy atom. The topological polar surface area (TPSA) is 90.6 Å². The lowest BCUT2D eigenvalue weighted by Crippen LogP contribution is -2.50. The minimum atomic E-state index is -2.13. The van der Waals surface area contributed by atoms with Crippen LogP contribution >= 0.6 is 0 Å². The van der Waals surface area contributed by atoms with Crippen LogP contribution in [0.5, 0.6) is 0 Å². The van der Waals surface area contributed by atoms with Gasteiger partial charge < -0.3 is 14.9 Å². The molecule has 0 aliphatic heterocycles. The predicted molar refractivity (Wildman–Crippen MR) is 126 cm³/mol. The first-order chi connectivity index (χ1) is 13.9. The van der Waals surface area contributed by atoms with Crippen molar-refractivity contribution in [1.29, 1.82) is 5.26 Å². The molecule has 0 unspecified atom stereocenters. The van der Waals surface area contributed by atoms with Crippen LogP contribution in [0, 0.1) is 11.3 Å². The summed E-state index contributed by atoms with van der Waals surface area (Å²) in [5.41, 5.74) is 3.60. The number of aliphatic hydroxyl groups excluding tert-OH is 2. The number of aliphatic hydroxyl groups is 2. The van der Waals surface area contributed by atoms with Gasteiger partial charge in [-0.05, 0) is 38.7 Å². The lowest BCUT2D eigenvalue weighted by atomic mass is 9.91. The predicted octanol–water partition coefficient (Wildman–Crippen LogP) is 3.09. The van der Waals surface area contributed by atoms with Gasteiger partial charge in [0.05, 0.1) is 53.7 Å². The highest BCUT2D eigenvalue weighted by atomic mass is 28.3. The van der Waals surface area contributed by atoms with Crippen LogP contribution in [0.2, 0.25) is 39.3 Å². The Morgan fingerprint density at radius 2 is 1.47 bits per heavy atom. The van der Waals surface area contributed by atoms with Crippen molar-refractivity contribution in [2.24, 2.45) is 0 Å². The standard InChI is InChI=1S/C23H31NO4Si2/c1-28-23(27)16-11-9-8-10-15(16)20-17(12-24)21(29(2,3)4)18(13-25)19(14-26)22(20)30(5,6)7/h8-11,25-26H,13-14H2,1-7H3. The molecule has 0 spiro atoms. The SMILES string of the molecule is COC(=O)c1ccccc1-c1c(C#N)c([Si](C)(C)C)c(CO)c(CO)c1[Si](C)(C)C. The summed E-state index contributed by atoms with van der Waals surface area (Å²) in [6.45, 7) is 12.3. The van der Waals surface area contributed by atoms with Crippen molar-refractivity contribution >= 4 is 32.5 Å². The molecule has 0 atom stereocenters. The summed E-state index contributed by atoms with van der Waals surface area (Å²) >= 11 is 0. The van der Waals surface area contributed by atoms with E-state index in [2.05, 4.69) is 45.4 Å². The summed E-state index contributed by atoms with van der Waals surface area (Å²) in [5, 5.41) is 32.7. The molecule has 0 saturated carbocycles. The third-order valence-electron chi connectivity index (χ3n) is 5.25. The summed E-state index contributed by atoms with van der Waals surface area (Å²) in [5.74, 6) is -0.470. The molecule has 0 amide bonds. The number of carbonyl (C=O) groups is 1. The molecule has 0 aliphatic rings. The van der Waals surface area contributed by atoms with Gasteiger partial charge in [-0.25, -0.2) is 4.79 Å². The van der Waals surface area contributed by atoms with E-state index in [1.807, 2.05) is 12.1 Å². The van der Waals surface area contributed by atoms with Crippen LogP contribution in [-0.4, -0.2) is 39.4 Å². The average molecular weight is 442 g/mol. The van der Waals surface area contributed by atoms with Crippen LogP contribution in [0.15, 0.2) is 24.3 Å². The normalized spacial score (nSPS) is 11.9. The molecule has 5 nitrogen and oxygen atoms in total. The van der Waals surface area contributed by atoms with Gasteiger partial charge in [-0.15, -0.1) is 0 Å². The fourth-order valence-corrected chi connectivity index (χ4v) is 8.44. The molecule has 0 saturated heterocycles. The van der Waals surface area contributed by atoms with Crippen LogP contribution in [0.4, 0.5) is 0 Å². The van der Waals surface area contributed by atoms with E-state index in [-0.39, 0.29) is 13.2 Å². The Bertz CT molecular complexity index is 1010. The first-order valence-electron chi connectivity index (χ1n) is 9.96. The fraction of sp³-hybridized carbons (Fsp3) is 0.391. The van der Waals surface area contributed by atoms with Crippen molar-refractivity contribution in [3.05, 3.63) is 46.5 Å². The molecule has 2 aromatic rings. The monoisotopic (exact) mass is 441 g/mol. The van der Waals surface area contributed by atoms with Gasteiger partial charge in [-0.3, -0.25) is 0 Å². The molecule has 0 aliphatic carbocycles. The summed E-state index contributed by atoms with van der Waals surface area (Å²) in [6, 6.07) is 9.54. The zero-order chi connectivity index (χ0) is 22.9. The molecular weight excluding hydrogens is 410 g/mol. The Balaban J connectivity index is 3.26. The van der Waals surface area contributed by atoms with E-state index in [0.29, 0.717) is 33.4 Å². The maximum atomic E-state index is 12.6. The van der Waals surface area contributed by atoms with E-state index in [0.717, 1.165) is 10.4 Å². The summed E-state index contributed by atoms with van der Waals surface area (Å²) in [4.78, 5) is 12.6.